The molecule has 2 heteroatoms. The summed E-state index contributed by atoms with van der Waals surface area (Å²) in [4.78, 5) is 11.1. The number of carbonyl (C=O) groups excluding carboxylic acids is 1. The van der Waals surface area contributed by atoms with E-state index in [1.165, 1.54) is 0 Å². The van der Waals surface area contributed by atoms with E-state index in [0.717, 1.165) is 16.5 Å². The van der Waals surface area contributed by atoms with Gasteiger partial charge >= 0.3 is 0 Å². The van der Waals surface area contributed by atoms with Crippen molar-refractivity contribution in [3.8, 4) is 0 Å². The van der Waals surface area contributed by atoms with Crippen molar-refractivity contribution < 1.29 is 9.21 Å². The van der Waals surface area contributed by atoms with E-state index in [1.54, 1.807) is 19.3 Å². The molecule has 0 radical (unpaired) electrons. The number of Topliss-reactive ketones (excluding diaryl/α,β-unsaturated/α-hetero) is 1. The van der Waals surface area contributed by atoms with Crippen LogP contribution in [0.25, 0.3) is 11.0 Å². The monoisotopic (exact) mass is 160 g/mol. The van der Waals surface area contributed by atoms with Crippen molar-refractivity contribution in [2.45, 2.75) is 6.92 Å². The topological polar surface area (TPSA) is 30.2 Å². The van der Waals surface area contributed by atoms with Gasteiger partial charge in [-0.15, -0.1) is 0 Å². The fourth-order valence-electron chi connectivity index (χ4n) is 1.30. The Morgan fingerprint density at radius 1 is 1.33 bits per heavy atom. The number of rotatable bonds is 1. The van der Waals surface area contributed by atoms with Crippen LogP contribution in [0.5, 0.6) is 0 Å². The first-order valence-electron chi connectivity index (χ1n) is 3.76. The zero-order chi connectivity index (χ0) is 8.55. The SMILES string of the molecule is CC(=O)c1cccc2occc12. The molecule has 0 aliphatic carbocycles. The zero-order valence-electron chi connectivity index (χ0n) is 6.70. The van der Waals surface area contributed by atoms with E-state index >= 15 is 0 Å². The number of carbonyl (C=O) groups is 1. The minimum atomic E-state index is 0.0713. The van der Waals surface area contributed by atoms with Crippen LogP contribution < -0.4 is 0 Å². The van der Waals surface area contributed by atoms with Gasteiger partial charge in [-0.25, -0.2) is 0 Å². The molecule has 0 saturated carbocycles. The molecule has 60 valence electrons. The summed E-state index contributed by atoms with van der Waals surface area (Å²) in [5.41, 5.74) is 1.49. The van der Waals surface area contributed by atoms with Crippen molar-refractivity contribution in [3.05, 3.63) is 36.1 Å². The maximum absolute atomic E-state index is 11.1. The largest absolute Gasteiger partial charge is 0.464 e. The lowest BCUT2D eigenvalue weighted by molar-refractivity contribution is 0.101. The van der Waals surface area contributed by atoms with Crippen molar-refractivity contribution in [1.82, 2.24) is 0 Å². The molecular weight excluding hydrogens is 152 g/mol. The summed E-state index contributed by atoms with van der Waals surface area (Å²) in [6, 6.07) is 7.29. The number of hydrogen-bond donors (Lipinski definition) is 0. The standard InChI is InChI=1S/C10H8O2/c1-7(11)8-3-2-4-10-9(8)5-6-12-10/h2-6H,1H3. The molecule has 0 spiro atoms. The van der Waals surface area contributed by atoms with E-state index in [9.17, 15) is 4.79 Å². The maximum atomic E-state index is 11.1. The van der Waals surface area contributed by atoms with Crippen molar-refractivity contribution in [2.75, 3.05) is 0 Å². The van der Waals surface area contributed by atoms with E-state index in [4.69, 9.17) is 4.42 Å². The van der Waals surface area contributed by atoms with Crippen LogP contribution in [0.4, 0.5) is 0 Å². The predicted octanol–water partition coefficient (Wildman–Crippen LogP) is 2.64. The summed E-state index contributed by atoms with van der Waals surface area (Å²) in [5.74, 6) is 0.0713. The Morgan fingerprint density at radius 2 is 2.17 bits per heavy atom. The summed E-state index contributed by atoms with van der Waals surface area (Å²) in [5, 5.41) is 0.894. The Hall–Kier alpha value is -1.57. The maximum Gasteiger partial charge on any atom is 0.160 e. The Morgan fingerprint density at radius 3 is 2.92 bits per heavy atom. The van der Waals surface area contributed by atoms with Gasteiger partial charge in [0.2, 0.25) is 0 Å². The van der Waals surface area contributed by atoms with E-state index in [1.807, 2.05) is 18.2 Å². The van der Waals surface area contributed by atoms with Gasteiger partial charge in [-0.3, -0.25) is 4.79 Å². The van der Waals surface area contributed by atoms with E-state index < -0.39 is 0 Å². The van der Waals surface area contributed by atoms with Gasteiger partial charge in [-0.05, 0) is 19.1 Å². The third-order valence-corrected chi connectivity index (χ3v) is 1.88. The minimum absolute atomic E-state index is 0.0713. The van der Waals surface area contributed by atoms with Crippen LogP contribution in [-0.2, 0) is 0 Å². The Labute approximate surface area is 69.8 Å². The molecular formula is C10H8O2. The second kappa shape index (κ2) is 2.48. The predicted molar refractivity (Wildman–Crippen MR) is 46.2 cm³/mol. The van der Waals surface area contributed by atoms with Crippen LogP contribution in [0.3, 0.4) is 0 Å². The first kappa shape index (κ1) is 7.10. The lowest BCUT2D eigenvalue weighted by Crippen LogP contribution is -1.90. The van der Waals surface area contributed by atoms with Crippen LogP contribution in [0, 0.1) is 0 Å². The Kier molecular flexibility index (Phi) is 1.47. The lowest BCUT2D eigenvalue weighted by Gasteiger charge is -1.95. The Bertz CT molecular complexity index is 426. The molecule has 0 fully saturated rings. The zero-order valence-corrected chi connectivity index (χ0v) is 6.70. The van der Waals surface area contributed by atoms with Gasteiger partial charge in [-0.2, -0.15) is 0 Å². The lowest BCUT2D eigenvalue weighted by atomic mass is 10.1. The molecule has 0 amide bonds. The highest BCUT2D eigenvalue weighted by Gasteiger charge is 2.05. The summed E-state index contributed by atoms with van der Waals surface area (Å²) in [7, 11) is 0. The smallest absolute Gasteiger partial charge is 0.160 e. The number of hydrogen-bond acceptors (Lipinski definition) is 2. The van der Waals surface area contributed by atoms with E-state index in [2.05, 4.69) is 0 Å². The molecule has 2 aromatic rings. The van der Waals surface area contributed by atoms with Gasteiger partial charge in [0.25, 0.3) is 0 Å². The van der Waals surface area contributed by atoms with Crippen LogP contribution >= 0.6 is 0 Å². The van der Waals surface area contributed by atoms with Crippen LogP contribution in [0.2, 0.25) is 0 Å². The average Bonchev–Trinajstić information content (AvgIpc) is 2.49. The molecule has 1 aromatic carbocycles. The van der Waals surface area contributed by atoms with Gasteiger partial charge in [-0.1, -0.05) is 12.1 Å². The first-order chi connectivity index (χ1) is 5.79. The minimum Gasteiger partial charge on any atom is -0.464 e. The summed E-state index contributed by atoms with van der Waals surface area (Å²) >= 11 is 0. The third-order valence-electron chi connectivity index (χ3n) is 1.88. The molecule has 0 unspecified atom stereocenters. The van der Waals surface area contributed by atoms with Gasteiger partial charge in [0.15, 0.2) is 5.78 Å². The second-order valence-corrected chi connectivity index (χ2v) is 2.69. The fourth-order valence-corrected chi connectivity index (χ4v) is 1.30. The van der Waals surface area contributed by atoms with Gasteiger partial charge in [0.05, 0.1) is 6.26 Å². The molecule has 0 aliphatic heterocycles. The first-order valence-corrected chi connectivity index (χ1v) is 3.76. The van der Waals surface area contributed by atoms with Crippen molar-refractivity contribution in [3.63, 3.8) is 0 Å². The Balaban J connectivity index is 2.82. The van der Waals surface area contributed by atoms with Crippen molar-refractivity contribution >= 4 is 16.8 Å². The molecule has 2 nitrogen and oxygen atoms in total. The van der Waals surface area contributed by atoms with Gasteiger partial charge in [0, 0.05) is 10.9 Å². The van der Waals surface area contributed by atoms with Crippen LogP contribution in [0.1, 0.15) is 17.3 Å². The molecule has 0 N–H and O–H groups in total. The summed E-state index contributed by atoms with van der Waals surface area (Å²) < 4.78 is 5.16. The summed E-state index contributed by atoms with van der Waals surface area (Å²) in [6.45, 7) is 1.56. The average molecular weight is 160 g/mol. The number of ketones is 1. The second-order valence-electron chi connectivity index (χ2n) is 2.69. The molecule has 0 saturated heterocycles. The van der Waals surface area contributed by atoms with E-state index in [0.29, 0.717) is 0 Å². The van der Waals surface area contributed by atoms with Crippen molar-refractivity contribution in [1.29, 1.82) is 0 Å². The fraction of sp³-hybridized carbons (Fsp3) is 0.100. The summed E-state index contributed by atoms with van der Waals surface area (Å²) in [6.07, 6.45) is 1.59. The molecule has 1 heterocycles. The molecule has 12 heavy (non-hydrogen) atoms. The molecule has 2 rings (SSSR count). The number of fused-ring (bicyclic) bond motifs is 1. The van der Waals surface area contributed by atoms with Gasteiger partial charge < -0.3 is 4.42 Å². The third kappa shape index (κ3) is 0.925. The number of benzene rings is 1. The highest BCUT2D eigenvalue weighted by Crippen LogP contribution is 2.19. The normalized spacial score (nSPS) is 10.4. The molecule has 0 atom stereocenters. The van der Waals surface area contributed by atoms with Gasteiger partial charge in [0.1, 0.15) is 5.58 Å². The number of furan rings is 1. The van der Waals surface area contributed by atoms with Crippen LogP contribution in [-0.4, -0.2) is 5.78 Å². The highest BCUT2D eigenvalue weighted by molar-refractivity contribution is 6.05. The highest BCUT2D eigenvalue weighted by atomic mass is 16.3. The van der Waals surface area contributed by atoms with Crippen molar-refractivity contribution in [2.24, 2.45) is 0 Å². The molecule has 1 aromatic heterocycles. The molecule has 0 bridgehead atoms. The molecule has 0 aliphatic rings. The van der Waals surface area contributed by atoms with Crippen LogP contribution in [0.15, 0.2) is 34.9 Å². The quantitative estimate of drug-likeness (QED) is 0.600. The van der Waals surface area contributed by atoms with E-state index in [-0.39, 0.29) is 5.78 Å².